The fraction of sp³-hybridized carbons (Fsp3) is 0.176. The second-order valence-corrected chi connectivity index (χ2v) is 5.17. The number of benzene rings is 1. The third kappa shape index (κ3) is 2.95. The van der Waals surface area contributed by atoms with Crippen LogP contribution >= 0.6 is 0 Å². The highest BCUT2D eigenvalue weighted by Gasteiger charge is 2.53. The Bertz CT molecular complexity index is 918. The van der Waals surface area contributed by atoms with Crippen molar-refractivity contribution in [3.8, 4) is 12.3 Å². The standard InChI is InChI=1S/C17H12F3N3O2/c1-2-13(24)16(25-17(18,19)20,12-8-4-3-5-9-12)15-22-21-14-10-6-7-11-23(14)15/h1,3-11,13,24H. The summed E-state index contributed by atoms with van der Waals surface area (Å²) in [5, 5.41) is 18.0. The summed E-state index contributed by atoms with van der Waals surface area (Å²) >= 11 is 0. The van der Waals surface area contributed by atoms with E-state index in [1.165, 1.54) is 34.9 Å². The van der Waals surface area contributed by atoms with Crippen LogP contribution in [0.5, 0.6) is 0 Å². The smallest absolute Gasteiger partial charge is 0.376 e. The second-order valence-electron chi connectivity index (χ2n) is 5.17. The van der Waals surface area contributed by atoms with Crippen molar-refractivity contribution in [1.82, 2.24) is 14.6 Å². The Morgan fingerprint density at radius 2 is 1.76 bits per heavy atom. The lowest BCUT2D eigenvalue weighted by Gasteiger charge is -2.35. The predicted octanol–water partition coefficient (Wildman–Crippen LogP) is 2.50. The van der Waals surface area contributed by atoms with Crippen molar-refractivity contribution >= 4 is 5.65 Å². The molecule has 2 heterocycles. The van der Waals surface area contributed by atoms with Crippen molar-refractivity contribution in [2.24, 2.45) is 0 Å². The van der Waals surface area contributed by atoms with Crippen LogP contribution in [0.15, 0.2) is 54.7 Å². The molecule has 2 aromatic heterocycles. The molecular weight excluding hydrogens is 335 g/mol. The predicted molar refractivity (Wildman–Crippen MR) is 82.2 cm³/mol. The lowest BCUT2D eigenvalue weighted by molar-refractivity contribution is -0.373. The van der Waals surface area contributed by atoms with Gasteiger partial charge in [0.25, 0.3) is 0 Å². The summed E-state index contributed by atoms with van der Waals surface area (Å²) in [4.78, 5) is 0. The van der Waals surface area contributed by atoms with Gasteiger partial charge in [0.05, 0.1) is 0 Å². The quantitative estimate of drug-likeness (QED) is 0.737. The summed E-state index contributed by atoms with van der Waals surface area (Å²) in [6.07, 6.45) is -0.334. The van der Waals surface area contributed by atoms with Crippen LogP contribution in [0, 0.1) is 12.3 Å². The minimum absolute atomic E-state index is 0.00377. The molecule has 128 valence electrons. The Balaban J connectivity index is 2.36. The van der Waals surface area contributed by atoms with Crippen molar-refractivity contribution in [2.75, 3.05) is 0 Å². The number of aliphatic hydroxyl groups excluding tert-OH is 1. The van der Waals surface area contributed by atoms with Gasteiger partial charge in [0.1, 0.15) is 0 Å². The molecule has 0 saturated heterocycles. The largest absolute Gasteiger partial charge is 0.523 e. The zero-order chi connectivity index (χ0) is 18.1. The van der Waals surface area contributed by atoms with Gasteiger partial charge in [0.15, 0.2) is 23.2 Å². The molecular formula is C17H12F3N3O2. The Morgan fingerprint density at radius 1 is 1.08 bits per heavy atom. The fourth-order valence-electron chi connectivity index (χ4n) is 2.65. The summed E-state index contributed by atoms with van der Waals surface area (Å²) in [7, 11) is 0. The Kier molecular flexibility index (Phi) is 4.20. The molecule has 1 N–H and O–H groups in total. The number of pyridine rings is 1. The van der Waals surface area contributed by atoms with E-state index in [1.54, 1.807) is 24.3 Å². The second kappa shape index (κ2) is 6.20. The van der Waals surface area contributed by atoms with E-state index in [4.69, 9.17) is 6.42 Å². The van der Waals surface area contributed by atoms with Gasteiger partial charge in [-0.15, -0.1) is 29.8 Å². The number of hydrogen-bond acceptors (Lipinski definition) is 4. The van der Waals surface area contributed by atoms with E-state index < -0.39 is 18.1 Å². The van der Waals surface area contributed by atoms with E-state index in [0.717, 1.165) is 0 Å². The van der Waals surface area contributed by atoms with Crippen LogP contribution in [0.3, 0.4) is 0 Å². The summed E-state index contributed by atoms with van der Waals surface area (Å²) in [6, 6.07) is 12.2. The molecule has 2 atom stereocenters. The molecule has 0 aliphatic heterocycles. The number of rotatable bonds is 4. The van der Waals surface area contributed by atoms with Crippen LogP contribution in [0.2, 0.25) is 0 Å². The molecule has 8 heteroatoms. The molecule has 0 aliphatic rings. The molecule has 0 spiro atoms. The van der Waals surface area contributed by atoms with Gasteiger partial charge < -0.3 is 5.11 Å². The van der Waals surface area contributed by atoms with Gasteiger partial charge in [0.2, 0.25) is 0 Å². The number of hydrogen-bond donors (Lipinski definition) is 1. The van der Waals surface area contributed by atoms with Crippen LogP contribution < -0.4 is 0 Å². The highest BCUT2D eigenvalue weighted by molar-refractivity contribution is 5.43. The average Bonchev–Trinajstić information content (AvgIpc) is 3.03. The number of aromatic nitrogens is 3. The molecule has 0 aliphatic carbocycles. The molecule has 2 unspecified atom stereocenters. The number of terminal acetylenes is 1. The number of alkyl halides is 3. The van der Waals surface area contributed by atoms with Crippen LogP contribution in [0.25, 0.3) is 5.65 Å². The molecule has 25 heavy (non-hydrogen) atoms. The number of ether oxygens (including phenoxy) is 1. The first-order valence-corrected chi connectivity index (χ1v) is 7.15. The minimum Gasteiger partial charge on any atom is -0.376 e. The van der Waals surface area contributed by atoms with Crippen molar-refractivity contribution < 1.29 is 23.0 Å². The maximum Gasteiger partial charge on any atom is 0.523 e. The highest BCUT2D eigenvalue weighted by atomic mass is 19.4. The van der Waals surface area contributed by atoms with E-state index >= 15 is 0 Å². The van der Waals surface area contributed by atoms with Crippen molar-refractivity contribution in [1.29, 1.82) is 0 Å². The van der Waals surface area contributed by atoms with Crippen LogP contribution in [-0.4, -0.2) is 32.2 Å². The van der Waals surface area contributed by atoms with E-state index in [9.17, 15) is 18.3 Å². The molecule has 1 aromatic carbocycles. The van der Waals surface area contributed by atoms with Crippen molar-refractivity contribution in [3.63, 3.8) is 0 Å². The Hall–Kier alpha value is -2.89. The van der Waals surface area contributed by atoms with Gasteiger partial charge in [-0.25, -0.2) is 0 Å². The maximum atomic E-state index is 13.3. The van der Waals surface area contributed by atoms with Gasteiger partial charge in [-0.3, -0.25) is 9.14 Å². The molecule has 0 radical (unpaired) electrons. The Morgan fingerprint density at radius 3 is 2.40 bits per heavy atom. The normalized spacial score (nSPS) is 15.5. The van der Waals surface area contributed by atoms with Gasteiger partial charge in [-0.1, -0.05) is 42.3 Å². The fourth-order valence-corrected chi connectivity index (χ4v) is 2.65. The molecule has 3 rings (SSSR count). The number of halogens is 3. The van der Waals surface area contributed by atoms with Gasteiger partial charge in [0, 0.05) is 6.20 Å². The number of aliphatic hydroxyl groups is 1. The Labute approximate surface area is 140 Å². The zero-order valence-electron chi connectivity index (χ0n) is 12.7. The average molecular weight is 347 g/mol. The summed E-state index contributed by atoms with van der Waals surface area (Å²) < 4.78 is 45.5. The molecule has 5 nitrogen and oxygen atoms in total. The van der Waals surface area contributed by atoms with E-state index in [1.807, 2.05) is 5.92 Å². The third-order valence-corrected chi connectivity index (χ3v) is 3.67. The molecule has 0 amide bonds. The van der Waals surface area contributed by atoms with Crippen molar-refractivity contribution in [2.45, 2.75) is 18.1 Å². The van der Waals surface area contributed by atoms with Gasteiger partial charge in [-0.2, -0.15) is 0 Å². The lowest BCUT2D eigenvalue weighted by atomic mass is 9.87. The SMILES string of the molecule is C#CC(O)C(OC(F)(F)F)(c1ccccc1)c1nnc2ccccn12. The van der Waals surface area contributed by atoms with Crippen LogP contribution in [-0.2, 0) is 10.3 Å². The van der Waals surface area contributed by atoms with E-state index in [0.29, 0.717) is 0 Å². The van der Waals surface area contributed by atoms with Crippen molar-refractivity contribution in [3.05, 3.63) is 66.1 Å². The molecule has 3 aromatic rings. The topological polar surface area (TPSA) is 59.7 Å². The zero-order valence-corrected chi connectivity index (χ0v) is 12.7. The van der Waals surface area contributed by atoms with Gasteiger partial charge >= 0.3 is 6.36 Å². The summed E-state index contributed by atoms with van der Waals surface area (Å²) in [5.74, 6) is 1.65. The highest BCUT2D eigenvalue weighted by Crippen LogP contribution is 2.41. The van der Waals surface area contributed by atoms with Crippen LogP contribution in [0.4, 0.5) is 13.2 Å². The van der Waals surface area contributed by atoms with E-state index in [2.05, 4.69) is 14.9 Å². The van der Waals surface area contributed by atoms with Crippen LogP contribution in [0.1, 0.15) is 11.4 Å². The number of nitrogens with zero attached hydrogens (tertiary/aromatic N) is 3. The molecule has 0 fully saturated rings. The third-order valence-electron chi connectivity index (χ3n) is 3.67. The first kappa shape index (κ1) is 17.0. The minimum atomic E-state index is -5.09. The first-order valence-electron chi connectivity index (χ1n) is 7.15. The molecule has 0 bridgehead atoms. The van der Waals surface area contributed by atoms with Gasteiger partial charge in [-0.05, 0) is 17.7 Å². The first-order chi connectivity index (χ1) is 11.9. The summed E-state index contributed by atoms with van der Waals surface area (Å²) in [5.41, 5.74) is -2.20. The molecule has 0 saturated carbocycles. The summed E-state index contributed by atoms with van der Waals surface area (Å²) in [6.45, 7) is 0. The maximum absolute atomic E-state index is 13.3. The monoisotopic (exact) mass is 347 g/mol. The van der Waals surface area contributed by atoms with E-state index in [-0.39, 0.29) is 17.0 Å². The lowest BCUT2D eigenvalue weighted by Crippen LogP contribution is -2.47. The number of fused-ring (bicyclic) bond motifs is 1.